The fraction of sp³-hybridized carbons (Fsp3) is 0.290. The summed E-state index contributed by atoms with van der Waals surface area (Å²) < 4.78 is 11.5. The normalized spacial score (nSPS) is 15.5. The van der Waals surface area contributed by atoms with Crippen LogP contribution in [0, 0.1) is 0 Å². The molecule has 0 bridgehead atoms. The molecule has 0 unspecified atom stereocenters. The molecular weight excluding hydrogens is 581 g/mol. The van der Waals surface area contributed by atoms with Crippen LogP contribution in [-0.4, -0.2) is 53.5 Å². The van der Waals surface area contributed by atoms with Gasteiger partial charge in [0.1, 0.15) is 17.5 Å². The molecule has 2 aliphatic heterocycles. The molecular formula is C31H29Cl2N3O6. The molecule has 0 atom stereocenters. The number of benzene rings is 3. The van der Waals surface area contributed by atoms with E-state index < -0.39 is 23.3 Å². The van der Waals surface area contributed by atoms with Gasteiger partial charge >= 0.3 is 6.09 Å². The monoisotopic (exact) mass is 609 g/mol. The molecule has 0 spiro atoms. The van der Waals surface area contributed by atoms with Crippen LogP contribution in [0.4, 0.5) is 16.2 Å². The minimum atomic E-state index is -0.591. The average molecular weight is 610 g/mol. The van der Waals surface area contributed by atoms with Gasteiger partial charge in [0.05, 0.1) is 21.8 Å². The van der Waals surface area contributed by atoms with Crippen LogP contribution in [0.3, 0.4) is 0 Å². The Morgan fingerprint density at radius 3 is 2.21 bits per heavy atom. The fourth-order valence-electron chi connectivity index (χ4n) is 4.75. The largest absolute Gasteiger partial charge is 0.490 e. The van der Waals surface area contributed by atoms with Crippen LogP contribution < -0.4 is 15.0 Å². The second-order valence-corrected chi connectivity index (χ2v) is 11.9. The summed E-state index contributed by atoms with van der Waals surface area (Å²) in [6.45, 7) is 6.62. The maximum Gasteiger partial charge on any atom is 0.410 e. The number of amides is 4. The topological polar surface area (TPSA) is 105 Å². The molecule has 2 heterocycles. The summed E-state index contributed by atoms with van der Waals surface area (Å²) >= 11 is 12.3. The van der Waals surface area contributed by atoms with Gasteiger partial charge in [-0.25, -0.2) is 9.69 Å². The summed E-state index contributed by atoms with van der Waals surface area (Å²) in [5.74, 6) is -0.935. The van der Waals surface area contributed by atoms with E-state index in [0.29, 0.717) is 42.4 Å². The van der Waals surface area contributed by atoms with Gasteiger partial charge in [-0.2, -0.15) is 0 Å². The number of likely N-dealkylation sites (tertiary alicyclic amines) is 1. The van der Waals surface area contributed by atoms with Crippen LogP contribution in [0.25, 0.3) is 0 Å². The number of piperidine rings is 1. The van der Waals surface area contributed by atoms with Crippen molar-refractivity contribution in [3.05, 3.63) is 87.4 Å². The van der Waals surface area contributed by atoms with Gasteiger partial charge in [0.2, 0.25) is 0 Å². The Kier molecular flexibility index (Phi) is 8.17. The van der Waals surface area contributed by atoms with Gasteiger partial charge in [0.15, 0.2) is 0 Å². The first-order valence-electron chi connectivity index (χ1n) is 13.4. The Bertz CT molecular complexity index is 1560. The van der Waals surface area contributed by atoms with Crippen molar-refractivity contribution in [2.75, 3.05) is 23.3 Å². The van der Waals surface area contributed by atoms with Gasteiger partial charge in [-0.15, -0.1) is 0 Å². The van der Waals surface area contributed by atoms with E-state index in [9.17, 15) is 19.2 Å². The van der Waals surface area contributed by atoms with Crippen molar-refractivity contribution in [2.45, 2.75) is 45.3 Å². The van der Waals surface area contributed by atoms with Crippen LogP contribution >= 0.6 is 23.2 Å². The standard InChI is InChI=1S/C31H29Cl2N3O6/c1-31(2,3)42-30(40)35-14-12-22(13-15-35)41-21-8-6-20(7-9-21)34-27(37)18-4-10-23-24(16-18)29(39)36(28(23)38)26-17-19(32)5-11-25(26)33/h4-11,16-17,22H,12-15H2,1-3H3,(H,34,37). The third-order valence-electron chi connectivity index (χ3n) is 6.81. The minimum Gasteiger partial charge on any atom is -0.490 e. The molecule has 0 saturated carbocycles. The molecule has 2 aliphatic rings. The van der Waals surface area contributed by atoms with Crippen molar-refractivity contribution in [2.24, 2.45) is 0 Å². The zero-order valence-corrected chi connectivity index (χ0v) is 24.8. The Balaban J connectivity index is 1.19. The van der Waals surface area contributed by atoms with Crippen LogP contribution in [0.5, 0.6) is 5.75 Å². The smallest absolute Gasteiger partial charge is 0.410 e. The first kappa shape index (κ1) is 29.4. The number of carbonyl (C=O) groups excluding carboxylic acids is 4. The summed E-state index contributed by atoms with van der Waals surface area (Å²) in [6, 6.07) is 15.8. The number of carbonyl (C=O) groups is 4. The van der Waals surface area contributed by atoms with Gasteiger partial charge in [0.25, 0.3) is 17.7 Å². The van der Waals surface area contributed by atoms with Gasteiger partial charge in [-0.05, 0) is 81.4 Å². The summed E-state index contributed by atoms with van der Waals surface area (Å²) in [7, 11) is 0. The number of hydrogen-bond acceptors (Lipinski definition) is 6. The van der Waals surface area contributed by atoms with E-state index in [1.165, 1.54) is 30.3 Å². The predicted octanol–water partition coefficient (Wildman–Crippen LogP) is 6.82. The number of hydrogen-bond donors (Lipinski definition) is 1. The number of nitrogens with one attached hydrogen (secondary N) is 1. The number of imide groups is 1. The average Bonchev–Trinajstić information content (AvgIpc) is 3.19. The van der Waals surface area contributed by atoms with E-state index in [0.717, 1.165) is 4.90 Å². The lowest BCUT2D eigenvalue weighted by Gasteiger charge is -2.33. The highest BCUT2D eigenvalue weighted by Gasteiger charge is 2.38. The fourth-order valence-corrected chi connectivity index (χ4v) is 5.12. The first-order valence-corrected chi connectivity index (χ1v) is 14.2. The van der Waals surface area contributed by atoms with Crippen molar-refractivity contribution < 1.29 is 28.7 Å². The van der Waals surface area contributed by atoms with Gasteiger partial charge < -0.3 is 19.7 Å². The summed E-state index contributed by atoms with van der Waals surface area (Å²) in [4.78, 5) is 54.0. The molecule has 0 aliphatic carbocycles. The van der Waals surface area contributed by atoms with E-state index in [1.807, 2.05) is 20.8 Å². The molecule has 1 N–H and O–H groups in total. The van der Waals surface area contributed by atoms with E-state index in [1.54, 1.807) is 35.2 Å². The van der Waals surface area contributed by atoms with Crippen LogP contribution in [0.15, 0.2) is 60.7 Å². The maximum absolute atomic E-state index is 13.1. The number of nitrogens with zero attached hydrogens (tertiary/aromatic N) is 2. The number of rotatable bonds is 5. The highest BCUT2D eigenvalue weighted by Crippen LogP contribution is 2.35. The Hall–Kier alpha value is -4.08. The molecule has 218 valence electrons. The SMILES string of the molecule is CC(C)(C)OC(=O)N1CCC(Oc2ccc(NC(=O)c3ccc4c(c3)C(=O)N(c3cc(Cl)ccc3Cl)C4=O)cc2)CC1. The molecule has 3 aromatic rings. The first-order chi connectivity index (χ1) is 19.9. The lowest BCUT2D eigenvalue weighted by Crippen LogP contribution is -2.44. The Labute approximate surface area is 253 Å². The third kappa shape index (κ3) is 6.37. The van der Waals surface area contributed by atoms with Crippen LogP contribution in [-0.2, 0) is 4.74 Å². The molecule has 11 heteroatoms. The van der Waals surface area contributed by atoms with Crippen molar-refractivity contribution in [1.29, 1.82) is 0 Å². The van der Waals surface area contributed by atoms with E-state index in [4.69, 9.17) is 32.7 Å². The van der Waals surface area contributed by atoms with Crippen molar-refractivity contribution >= 4 is 58.4 Å². The lowest BCUT2D eigenvalue weighted by molar-refractivity contribution is 0.0126. The molecule has 3 aromatic carbocycles. The maximum atomic E-state index is 13.1. The quantitative estimate of drug-likeness (QED) is 0.318. The van der Waals surface area contributed by atoms with Crippen molar-refractivity contribution in [3.63, 3.8) is 0 Å². The second kappa shape index (κ2) is 11.7. The molecule has 5 rings (SSSR count). The second-order valence-electron chi connectivity index (χ2n) is 11.1. The minimum absolute atomic E-state index is 0.0443. The highest BCUT2D eigenvalue weighted by molar-refractivity contribution is 6.41. The van der Waals surface area contributed by atoms with Gasteiger partial charge in [-0.3, -0.25) is 14.4 Å². The Morgan fingerprint density at radius 1 is 0.881 bits per heavy atom. The Morgan fingerprint density at radius 2 is 1.55 bits per heavy atom. The molecule has 0 radical (unpaired) electrons. The molecule has 1 saturated heterocycles. The number of ether oxygens (including phenoxy) is 2. The molecule has 9 nitrogen and oxygen atoms in total. The molecule has 42 heavy (non-hydrogen) atoms. The number of fused-ring (bicyclic) bond motifs is 1. The van der Waals surface area contributed by atoms with Crippen molar-refractivity contribution in [1.82, 2.24) is 4.90 Å². The molecule has 4 amide bonds. The molecule has 1 fully saturated rings. The molecule has 0 aromatic heterocycles. The van der Waals surface area contributed by atoms with Crippen molar-refractivity contribution in [3.8, 4) is 5.75 Å². The van der Waals surface area contributed by atoms with E-state index >= 15 is 0 Å². The van der Waals surface area contributed by atoms with Gasteiger partial charge in [-0.1, -0.05) is 23.2 Å². The summed E-state index contributed by atoms with van der Waals surface area (Å²) in [6.07, 6.45) is 0.997. The highest BCUT2D eigenvalue weighted by atomic mass is 35.5. The third-order valence-corrected chi connectivity index (χ3v) is 7.36. The summed E-state index contributed by atoms with van der Waals surface area (Å²) in [5.41, 5.74) is 0.661. The van der Waals surface area contributed by atoms with Gasteiger partial charge in [0, 0.05) is 42.2 Å². The number of anilines is 2. The van der Waals surface area contributed by atoms with Crippen LogP contribution in [0.2, 0.25) is 10.0 Å². The lowest BCUT2D eigenvalue weighted by atomic mass is 10.1. The van der Waals surface area contributed by atoms with Crippen LogP contribution in [0.1, 0.15) is 64.7 Å². The zero-order chi connectivity index (χ0) is 30.2. The predicted molar refractivity (Wildman–Crippen MR) is 160 cm³/mol. The van der Waals surface area contributed by atoms with E-state index in [2.05, 4.69) is 5.32 Å². The summed E-state index contributed by atoms with van der Waals surface area (Å²) in [5, 5.41) is 3.33. The van der Waals surface area contributed by atoms with E-state index in [-0.39, 0.29) is 39.6 Å². The number of halogens is 2. The zero-order valence-electron chi connectivity index (χ0n) is 23.3.